The molecule has 0 unspecified atom stereocenters. The van der Waals surface area contributed by atoms with E-state index in [9.17, 15) is 4.39 Å². The summed E-state index contributed by atoms with van der Waals surface area (Å²) in [5.41, 5.74) is 1.26. The Morgan fingerprint density at radius 2 is 2.00 bits per heavy atom. The van der Waals surface area contributed by atoms with Crippen LogP contribution >= 0.6 is 23.2 Å². The number of hydrogen-bond acceptors (Lipinski definition) is 2. The molecule has 5 heteroatoms. The zero-order valence-corrected chi connectivity index (χ0v) is 11.1. The van der Waals surface area contributed by atoms with E-state index in [-0.39, 0.29) is 12.4 Å². The van der Waals surface area contributed by atoms with Gasteiger partial charge in [-0.2, -0.15) is 0 Å². The highest BCUT2D eigenvalue weighted by Gasteiger charge is 2.05. The van der Waals surface area contributed by atoms with Crippen LogP contribution in [0.5, 0.6) is 5.75 Å². The van der Waals surface area contributed by atoms with Crippen molar-refractivity contribution in [2.75, 3.05) is 0 Å². The van der Waals surface area contributed by atoms with Crippen molar-refractivity contribution in [1.29, 1.82) is 0 Å². The van der Waals surface area contributed by atoms with Crippen LogP contribution in [0.2, 0.25) is 10.3 Å². The van der Waals surface area contributed by atoms with Gasteiger partial charge in [-0.3, -0.25) is 0 Å². The molecule has 0 fully saturated rings. The van der Waals surface area contributed by atoms with Crippen LogP contribution in [0.3, 0.4) is 0 Å². The fourth-order valence-corrected chi connectivity index (χ4v) is 1.82. The SMILES string of the molecule is Cc1cc(OCc2ccc(Cl)nc2Cl)ccc1F. The van der Waals surface area contributed by atoms with Crippen LogP contribution in [0.4, 0.5) is 4.39 Å². The topological polar surface area (TPSA) is 22.1 Å². The molecule has 0 amide bonds. The third kappa shape index (κ3) is 3.12. The molecule has 2 nitrogen and oxygen atoms in total. The van der Waals surface area contributed by atoms with Gasteiger partial charge < -0.3 is 4.74 Å². The van der Waals surface area contributed by atoms with Crippen molar-refractivity contribution < 1.29 is 9.13 Å². The number of aromatic nitrogens is 1. The first kappa shape index (κ1) is 13.1. The minimum Gasteiger partial charge on any atom is -0.489 e. The van der Waals surface area contributed by atoms with Gasteiger partial charge in [-0.15, -0.1) is 0 Å². The molecule has 1 heterocycles. The van der Waals surface area contributed by atoms with E-state index >= 15 is 0 Å². The van der Waals surface area contributed by atoms with Gasteiger partial charge in [-0.05, 0) is 42.8 Å². The lowest BCUT2D eigenvalue weighted by Crippen LogP contribution is -1.98. The third-order valence-electron chi connectivity index (χ3n) is 2.42. The van der Waals surface area contributed by atoms with Crippen LogP contribution in [0, 0.1) is 12.7 Å². The summed E-state index contributed by atoms with van der Waals surface area (Å²) in [5, 5.41) is 0.641. The first-order chi connectivity index (χ1) is 8.56. The van der Waals surface area contributed by atoms with Crippen LogP contribution in [0.25, 0.3) is 0 Å². The van der Waals surface area contributed by atoms with Gasteiger partial charge in [0.05, 0.1) is 0 Å². The summed E-state index contributed by atoms with van der Waals surface area (Å²) in [6.45, 7) is 1.94. The lowest BCUT2D eigenvalue weighted by Gasteiger charge is -2.08. The summed E-state index contributed by atoms with van der Waals surface area (Å²) in [4.78, 5) is 3.91. The van der Waals surface area contributed by atoms with Crippen LogP contribution < -0.4 is 4.74 Å². The number of pyridine rings is 1. The van der Waals surface area contributed by atoms with Gasteiger partial charge in [0.25, 0.3) is 0 Å². The number of benzene rings is 1. The Hall–Kier alpha value is -1.32. The molecular formula is C13H10Cl2FNO. The summed E-state index contributed by atoms with van der Waals surface area (Å²) in [7, 11) is 0. The average molecular weight is 286 g/mol. The third-order valence-corrected chi connectivity index (χ3v) is 2.95. The second-order valence-corrected chi connectivity index (χ2v) is 4.53. The molecule has 0 N–H and O–H groups in total. The normalized spacial score (nSPS) is 10.4. The van der Waals surface area contributed by atoms with Gasteiger partial charge >= 0.3 is 0 Å². The van der Waals surface area contributed by atoms with Crippen molar-refractivity contribution in [2.45, 2.75) is 13.5 Å². The standard InChI is InChI=1S/C13H10Cl2FNO/c1-8-6-10(3-4-11(8)16)18-7-9-2-5-12(14)17-13(9)15/h2-6H,7H2,1H3. The second-order valence-electron chi connectivity index (χ2n) is 3.78. The number of rotatable bonds is 3. The van der Waals surface area contributed by atoms with Crippen LogP contribution in [-0.2, 0) is 6.61 Å². The van der Waals surface area contributed by atoms with Crippen molar-refractivity contribution in [3.8, 4) is 5.75 Å². The fraction of sp³-hybridized carbons (Fsp3) is 0.154. The van der Waals surface area contributed by atoms with E-state index in [0.29, 0.717) is 21.6 Å². The molecule has 0 saturated carbocycles. The zero-order valence-electron chi connectivity index (χ0n) is 9.58. The second kappa shape index (κ2) is 5.55. The number of aryl methyl sites for hydroxylation is 1. The highest BCUT2D eigenvalue weighted by atomic mass is 35.5. The van der Waals surface area contributed by atoms with E-state index in [1.165, 1.54) is 6.07 Å². The van der Waals surface area contributed by atoms with Crippen LogP contribution in [-0.4, -0.2) is 4.98 Å². The maximum Gasteiger partial charge on any atom is 0.137 e. The van der Waals surface area contributed by atoms with Crippen molar-refractivity contribution in [2.24, 2.45) is 0 Å². The van der Waals surface area contributed by atoms with E-state index in [2.05, 4.69) is 4.98 Å². The number of hydrogen-bond donors (Lipinski definition) is 0. The summed E-state index contributed by atoms with van der Waals surface area (Å²) in [6, 6.07) is 7.95. The fourth-order valence-electron chi connectivity index (χ4n) is 1.42. The van der Waals surface area contributed by atoms with Crippen molar-refractivity contribution in [3.05, 3.63) is 57.6 Å². The minimum absolute atomic E-state index is 0.256. The van der Waals surface area contributed by atoms with Crippen molar-refractivity contribution >= 4 is 23.2 Å². The van der Waals surface area contributed by atoms with E-state index in [4.69, 9.17) is 27.9 Å². The molecule has 18 heavy (non-hydrogen) atoms. The Kier molecular flexibility index (Phi) is 4.04. The smallest absolute Gasteiger partial charge is 0.137 e. The number of ether oxygens (including phenoxy) is 1. The lowest BCUT2D eigenvalue weighted by molar-refractivity contribution is 0.305. The average Bonchev–Trinajstić information content (AvgIpc) is 2.32. The molecule has 0 aliphatic rings. The predicted octanol–water partition coefficient (Wildman–Crippen LogP) is 4.41. The van der Waals surface area contributed by atoms with Gasteiger partial charge in [0, 0.05) is 5.56 Å². The summed E-state index contributed by atoms with van der Waals surface area (Å²) >= 11 is 11.6. The van der Waals surface area contributed by atoms with Crippen molar-refractivity contribution in [3.63, 3.8) is 0 Å². The molecule has 0 atom stereocenters. The lowest BCUT2D eigenvalue weighted by atomic mass is 10.2. The number of halogens is 3. The monoisotopic (exact) mass is 285 g/mol. The van der Waals surface area contributed by atoms with Crippen molar-refractivity contribution in [1.82, 2.24) is 4.98 Å². The molecule has 0 aliphatic carbocycles. The minimum atomic E-state index is -0.256. The molecule has 0 radical (unpaired) electrons. The Labute approximate surface area is 114 Å². The molecule has 0 aliphatic heterocycles. The molecule has 2 rings (SSSR count). The van der Waals surface area contributed by atoms with E-state index in [1.807, 2.05) is 0 Å². The molecule has 1 aromatic carbocycles. The zero-order chi connectivity index (χ0) is 13.1. The van der Waals surface area contributed by atoms with Crippen LogP contribution in [0.1, 0.15) is 11.1 Å². The van der Waals surface area contributed by atoms with E-state index < -0.39 is 0 Å². The molecule has 1 aromatic heterocycles. The largest absolute Gasteiger partial charge is 0.489 e. The van der Waals surface area contributed by atoms with Gasteiger partial charge in [-0.25, -0.2) is 9.37 Å². The molecule has 94 valence electrons. The Morgan fingerprint density at radius 1 is 1.22 bits per heavy atom. The summed E-state index contributed by atoms with van der Waals surface area (Å²) < 4.78 is 18.6. The highest BCUT2D eigenvalue weighted by molar-refractivity contribution is 6.32. The van der Waals surface area contributed by atoms with Gasteiger partial charge in [0.15, 0.2) is 0 Å². The molecule has 2 aromatic rings. The molecule has 0 saturated heterocycles. The van der Waals surface area contributed by atoms with E-state index in [1.54, 1.807) is 31.2 Å². The maximum absolute atomic E-state index is 13.1. The van der Waals surface area contributed by atoms with Gasteiger partial charge in [0.1, 0.15) is 28.5 Å². The molecule has 0 bridgehead atoms. The molecule has 0 spiro atoms. The molecular weight excluding hydrogens is 276 g/mol. The van der Waals surface area contributed by atoms with Gasteiger partial charge in [-0.1, -0.05) is 23.2 Å². The highest BCUT2D eigenvalue weighted by Crippen LogP contribution is 2.20. The van der Waals surface area contributed by atoms with E-state index in [0.717, 1.165) is 5.56 Å². The number of nitrogens with zero attached hydrogens (tertiary/aromatic N) is 1. The Balaban J connectivity index is 2.09. The first-order valence-corrected chi connectivity index (χ1v) is 6.02. The van der Waals surface area contributed by atoms with Crippen LogP contribution in [0.15, 0.2) is 30.3 Å². The Morgan fingerprint density at radius 3 is 2.67 bits per heavy atom. The maximum atomic E-state index is 13.1. The first-order valence-electron chi connectivity index (χ1n) is 5.26. The quantitative estimate of drug-likeness (QED) is 0.779. The summed E-state index contributed by atoms with van der Waals surface area (Å²) in [5.74, 6) is 0.327. The van der Waals surface area contributed by atoms with Gasteiger partial charge in [0.2, 0.25) is 0 Å². The predicted molar refractivity (Wildman–Crippen MR) is 69.7 cm³/mol. The summed E-state index contributed by atoms with van der Waals surface area (Å²) in [6.07, 6.45) is 0. The Bertz CT molecular complexity index is 575.